The van der Waals surface area contributed by atoms with Gasteiger partial charge in [0, 0.05) is 38.5 Å². The second-order valence-corrected chi connectivity index (χ2v) is 5.46. The van der Waals surface area contributed by atoms with Gasteiger partial charge in [-0.2, -0.15) is 5.10 Å². The van der Waals surface area contributed by atoms with E-state index < -0.39 is 0 Å². The Morgan fingerprint density at radius 1 is 1.57 bits per heavy atom. The van der Waals surface area contributed by atoms with E-state index in [4.69, 9.17) is 4.74 Å². The lowest BCUT2D eigenvalue weighted by Gasteiger charge is -2.33. The van der Waals surface area contributed by atoms with Gasteiger partial charge in [-0.15, -0.1) is 0 Å². The fourth-order valence-corrected chi connectivity index (χ4v) is 2.65. The van der Waals surface area contributed by atoms with Gasteiger partial charge in [0.05, 0.1) is 24.4 Å². The molecule has 112 valence electrons. The summed E-state index contributed by atoms with van der Waals surface area (Å²) in [6.45, 7) is 5.44. The number of morpholine rings is 1. The number of fused-ring (bicyclic) bond motifs is 1. The highest BCUT2D eigenvalue weighted by Gasteiger charge is 2.20. The maximum atomic E-state index is 11.0. The molecule has 1 aromatic heterocycles. The normalized spacial score (nSPS) is 19.8. The molecule has 1 aromatic carbocycles. The lowest BCUT2D eigenvalue weighted by atomic mass is 10.1. The SMILES string of the molecule is CC(=O)NCC1CN(Cc2ccc3cn[nH]c3c2)CCO1. The number of benzene rings is 1. The van der Waals surface area contributed by atoms with Crippen LogP contribution in [-0.2, 0) is 16.1 Å². The van der Waals surface area contributed by atoms with Crippen LogP contribution in [0.15, 0.2) is 24.4 Å². The van der Waals surface area contributed by atoms with Crippen LogP contribution in [0.3, 0.4) is 0 Å². The van der Waals surface area contributed by atoms with E-state index in [0.717, 1.165) is 30.5 Å². The number of carbonyl (C=O) groups is 1. The number of nitrogens with one attached hydrogen (secondary N) is 2. The third-order valence-electron chi connectivity index (χ3n) is 3.71. The Balaban J connectivity index is 1.59. The summed E-state index contributed by atoms with van der Waals surface area (Å²) in [5.41, 5.74) is 2.32. The number of amides is 1. The van der Waals surface area contributed by atoms with Gasteiger partial charge in [0.25, 0.3) is 0 Å². The predicted octanol–water partition coefficient (Wildman–Crippen LogP) is 0.900. The molecule has 0 radical (unpaired) electrons. The van der Waals surface area contributed by atoms with Crippen molar-refractivity contribution in [3.8, 4) is 0 Å². The van der Waals surface area contributed by atoms with Crippen LogP contribution in [-0.4, -0.2) is 53.3 Å². The molecule has 21 heavy (non-hydrogen) atoms. The van der Waals surface area contributed by atoms with E-state index in [1.807, 2.05) is 6.20 Å². The zero-order chi connectivity index (χ0) is 14.7. The standard InChI is InChI=1S/C15H20N4O2/c1-11(20)16-8-14-10-19(4-5-21-14)9-12-2-3-13-7-17-18-15(13)6-12/h2-3,6-7,14H,4-5,8-10H2,1H3,(H,16,20)(H,17,18). The van der Waals surface area contributed by atoms with Crippen molar-refractivity contribution < 1.29 is 9.53 Å². The minimum absolute atomic E-state index is 0.0135. The molecule has 2 heterocycles. The van der Waals surface area contributed by atoms with E-state index >= 15 is 0 Å². The fraction of sp³-hybridized carbons (Fsp3) is 0.467. The van der Waals surface area contributed by atoms with Crippen LogP contribution in [0.25, 0.3) is 10.9 Å². The van der Waals surface area contributed by atoms with Crippen molar-refractivity contribution in [2.24, 2.45) is 0 Å². The Bertz CT molecular complexity index is 625. The highest BCUT2D eigenvalue weighted by atomic mass is 16.5. The molecule has 0 aliphatic carbocycles. The summed E-state index contributed by atoms with van der Waals surface area (Å²) in [5, 5.41) is 11.0. The van der Waals surface area contributed by atoms with Crippen LogP contribution in [0.4, 0.5) is 0 Å². The summed E-state index contributed by atoms with van der Waals surface area (Å²) >= 11 is 0. The molecule has 6 nitrogen and oxygen atoms in total. The number of aromatic nitrogens is 2. The Hall–Kier alpha value is -1.92. The maximum absolute atomic E-state index is 11.0. The van der Waals surface area contributed by atoms with Gasteiger partial charge in [-0.05, 0) is 11.6 Å². The van der Waals surface area contributed by atoms with Crippen molar-refractivity contribution in [1.29, 1.82) is 0 Å². The van der Waals surface area contributed by atoms with Gasteiger partial charge < -0.3 is 10.1 Å². The molecule has 0 saturated carbocycles. The number of rotatable bonds is 4. The van der Waals surface area contributed by atoms with Gasteiger partial charge in [0.15, 0.2) is 0 Å². The van der Waals surface area contributed by atoms with E-state index in [-0.39, 0.29) is 12.0 Å². The van der Waals surface area contributed by atoms with Crippen LogP contribution in [0.5, 0.6) is 0 Å². The third kappa shape index (κ3) is 3.59. The molecular formula is C15H20N4O2. The Labute approximate surface area is 123 Å². The number of nitrogens with zero attached hydrogens (tertiary/aromatic N) is 2. The van der Waals surface area contributed by atoms with Crippen molar-refractivity contribution in [2.75, 3.05) is 26.2 Å². The largest absolute Gasteiger partial charge is 0.374 e. The van der Waals surface area contributed by atoms with Crippen LogP contribution in [0.2, 0.25) is 0 Å². The zero-order valence-electron chi connectivity index (χ0n) is 12.1. The quantitative estimate of drug-likeness (QED) is 0.877. The van der Waals surface area contributed by atoms with Gasteiger partial charge in [-0.3, -0.25) is 14.8 Å². The van der Waals surface area contributed by atoms with Gasteiger partial charge in [0.1, 0.15) is 0 Å². The number of H-pyrrole nitrogens is 1. The molecule has 0 bridgehead atoms. The fourth-order valence-electron chi connectivity index (χ4n) is 2.65. The first kappa shape index (κ1) is 14.0. The number of hydrogen-bond acceptors (Lipinski definition) is 4. The van der Waals surface area contributed by atoms with Crippen LogP contribution in [0.1, 0.15) is 12.5 Å². The molecule has 1 unspecified atom stereocenters. The number of carbonyl (C=O) groups excluding carboxylic acids is 1. The van der Waals surface area contributed by atoms with Crippen LogP contribution in [0, 0.1) is 0 Å². The molecule has 1 fully saturated rings. The second kappa shape index (κ2) is 6.24. The molecular weight excluding hydrogens is 268 g/mol. The van der Waals surface area contributed by atoms with Crippen molar-refractivity contribution in [3.63, 3.8) is 0 Å². The first-order chi connectivity index (χ1) is 10.2. The number of aromatic amines is 1. The highest BCUT2D eigenvalue weighted by Crippen LogP contribution is 2.15. The van der Waals surface area contributed by atoms with Gasteiger partial charge >= 0.3 is 0 Å². The van der Waals surface area contributed by atoms with E-state index in [2.05, 4.69) is 38.6 Å². The average molecular weight is 288 g/mol. The van der Waals surface area contributed by atoms with E-state index in [1.54, 1.807) is 0 Å². The molecule has 1 atom stereocenters. The van der Waals surface area contributed by atoms with Crippen molar-refractivity contribution >= 4 is 16.8 Å². The molecule has 2 N–H and O–H groups in total. The minimum Gasteiger partial charge on any atom is -0.374 e. The lowest BCUT2D eigenvalue weighted by molar-refractivity contribution is -0.120. The second-order valence-electron chi connectivity index (χ2n) is 5.46. The highest BCUT2D eigenvalue weighted by molar-refractivity contribution is 5.78. The predicted molar refractivity (Wildman–Crippen MR) is 79.8 cm³/mol. The molecule has 2 aromatic rings. The summed E-state index contributed by atoms with van der Waals surface area (Å²) in [6, 6.07) is 6.36. The molecule has 1 aliphatic heterocycles. The maximum Gasteiger partial charge on any atom is 0.216 e. The van der Waals surface area contributed by atoms with Gasteiger partial charge in [-0.25, -0.2) is 0 Å². The Kier molecular flexibility index (Phi) is 4.17. The van der Waals surface area contributed by atoms with E-state index in [1.165, 1.54) is 12.5 Å². The lowest BCUT2D eigenvalue weighted by Crippen LogP contribution is -2.46. The van der Waals surface area contributed by atoms with Crippen molar-refractivity contribution in [3.05, 3.63) is 30.0 Å². The summed E-state index contributed by atoms with van der Waals surface area (Å²) in [5.74, 6) is -0.0135. The average Bonchev–Trinajstić information content (AvgIpc) is 2.93. The van der Waals surface area contributed by atoms with E-state index in [9.17, 15) is 4.79 Å². The summed E-state index contributed by atoms with van der Waals surface area (Å²) in [6.07, 6.45) is 1.90. The van der Waals surface area contributed by atoms with Crippen molar-refractivity contribution in [2.45, 2.75) is 19.6 Å². The monoisotopic (exact) mass is 288 g/mol. The van der Waals surface area contributed by atoms with Crippen molar-refractivity contribution in [1.82, 2.24) is 20.4 Å². The summed E-state index contributed by atoms with van der Waals surface area (Å²) < 4.78 is 5.68. The zero-order valence-corrected chi connectivity index (χ0v) is 12.1. The number of hydrogen-bond donors (Lipinski definition) is 2. The minimum atomic E-state index is -0.0135. The summed E-state index contributed by atoms with van der Waals surface area (Å²) in [7, 11) is 0. The Morgan fingerprint density at radius 3 is 3.33 bits per heavy atom. The van der Waals surface area contributed by atoms with Gasteiger partial charge in [-0.1, -0.05) is 12.1 Å². The molecule has 0 spiro atoms. The first-order valence-electron chi connectivity index (χ1n) is 7.21. The first-order valence-corrected chi connectivity index (χ1v) is 7.21. The Morgan fingerprint density at radius 2 is 2.48 bits per heavy atom. The van der Waals surface area contributed by atoms with Crippen LogP contribution >= 0.6 is 0 Å². The molecule has 6 heteroatoms. The molecule has 1 aliphatic rings. The van der Waals surface area contributed by atoms with Crippen LogP contribution < -0.4 is 5.32 Å². The smallest absolute Gasteiger partial charge is 0.216 e. The number of ether oxygens (including phenoxy) is 1. The molecule has 1 amide bonds. The van der Waals surface area contributed by atoms with Gasteiger partial charge in [0.2, 0.25) is 5.91 Å². The third-order valence-corrected chi connectivity index (χ3v) is 3.71. The van der Waals surface area contributed by atoms with E-state index in [0.29, 0.717) is 13.2 Å². The molecule has 3 rings (SSSR count). The topological polar surface area (TPSA) is 70.2 Å². The summed E-state index contributed by atoms with van der Waals surface area (Å²) in [4.78, 5) is 13.3. The molecule has 1 saturated heterocycles.